The van der Waals surface area contributed by atoms with Crippen molar-refractivity contribution in [3.63, 3.8) is 0 Å². The second-order valence-electron chi connectivity index (χ2n) is 13.4. The van der Waals surface area contributed by atoms with Crippen molar-refractivity contribution < 1.29 is 0 Å². The average molecular weight is 652 g/mol. The minimum Gasteiger partial charge on any atom is -0.310 e. The summed E-state index contributed by atoms with van der Waals surface area (Å²) in [7, 11) is 0. The van der Waals surface area contributed by atoms with E-state index >= 15 is 0 Å². The Hall–Kier alpha value is -6.44. The maximum atomic E-state index is 2.44. The van der Waals surface area contributed by atoms with Gasteiger partial charge in [0.15, 0.2) is 0 Å². The first kappa shape index (κ1) is 30.6. The number of aryl methyl sites for hydroxylation is 1. The Morgan fingerprint density at radius 1 is 0.333 bits per heavy atom. The molecule has 9 rings (SSSR count). The summed E-state index contributed by atoms with van der Waals surface area (Å²) in [6, 6.07) is 75.4. The molecule has 0 saturated carbocycles. The Morgan fingerprint density at radius 3 is 1.29 bits per heavy atom. The third-order valence-corrected chi connectivity index (χ3v) is 10.4. The van der Waals surface area contributed by atoms with Gasteiger partial charge in [0.2, 0.25) is 0 Å². The van der Waals surface area contributed by atoms with Gasteiger partial charge in [-0.3, -0.25) is 0 Å². The molecule has 0 bridgehead atoms. The Morgan fingerprint density at radius 2 is 0.745 bits per heavy atom. The normalized spacial score (nSPS) is 12.6. The first-order chi connectivity index (χ1) is 25.2. The summed E-state index contributed by atoms with van der Waals surface area (Å²) in [5.41, 5.74) is 16.7. The number of hydrogen-bond acceptors (Lipinski definition) is 1. The van der Waals surface area contributed by atoms with Crippen LogP contribution in [-0.4, -0.2) is 0 Å². The Bertz CT molecular complexity index is 2390. The highest BCUT2D eigenvalue weighted by Gasteiger charge is 2.46. The molecule has 0 N–H and O–H groups in total. The molecule has 0 heterocycles. The number of nitrogens with zero attached hydrogens (tertiary/aromatic N) is 1. The molecular weight excluding hydrogens is 615 g/mol. The van der Waals surface area contributed by atoms with Gasteiger partial charge in [0.25, 0.3) is 0 Å². The van der Waals surface area contributed by atoms with Crippen LogP contribution in [0.3, 0.4) is 0 Å². The van der Waals surface area contributed by atoms with Crippen molar-refractivity contribution in [1.29, 1.82) is 0 Å². The summed E-state index contributed by atoms with van der Waals surface area (Å²) >= 11 is 0. The summed E-state index contributed by atoms with van der Waals surface area (Å²) in [6.45, 7) is 2.13. The van der Waals surface area contributed by atoms with E-state index in [4.69, 9.17) is 0 Å². The van der Waals surface area contributed by atoms with Gasteiger partial charge in [0, 0.05) is 17.1 Å². The smallest absolute Gasteiger partial charge is 0.0714 e. The van der Waals surface area contributed by atoms with Crippen LogP contribution in [0.5, 0.6) is 0 Å². The van der Waals surface area contributed by atoms with Crippen molar-refractivity contribution in [2.75, 3.05) is 4.90 Å². The first-order valence-electron chi connectivity index (χ1n) is 17.7. The quantitative estimate of drug-likeness (QED) is 0.166. The second kappa shape index (κ2) is 12.8. The largest absolute Gasteiger partial charge is 0.310 e. The fourth-order valence-electron chi connectivity index (χ4n) is 8.00. The van der Waals surface area contributed by atoms with Crippen molar-refractivity contribution in [2.24, 2.45) is 0 Å². The van der Waals surface area contributed by atoms with Crippen LogP contribution in [0.15, 0.2) is 206 Å². The van der Waals surface area contributed by atoms with Gasteiger partial charge >= 0.3 is 0 Å². The molecule has 1 aliphatic rings. The Labute approximate surface area is 300 Å². The molecule has 0 aromatic heterocycles. The highest BCUT2D eigenvalue weighted by Crippen LogP contribution is 2.57. The zero-order valence-corrected chi connectivity index (χ0v) is 28.6. The molecule has 8 aromatic rings. The van der Waals surface area contributed by atoms with Gasteiger partial charge in [-0.1, -0.05) is 175 Å². The zero-order chi connectivity index (χ0) is 34.2. The van der Waals surface area contributed by atoms with Crippen molar-refractivity contribution in [2.45, 2.75) is 12.3 Å². The van der Waals surface area contributed by atoms with E-state index in [2.05, 4.69) is 218 Å². The average Bonchev–Trinajstić information content (AvgIpc) is 3.50. The van der Waals surface area contributed by atoms with Crippen LogP contribution in [-0.2, 0) is 5.41 Å². The molecule has 0 fully saturated rings. The molecule has 1 heteroatoms. The molecule has 0 spiro atoms. The van der Waals surface area contributed by atoms with Crippen molar-refractivity contribution in [3.05, 3.63) is 234 Å². The summed E-state index contributed by atoms with van der Waals surface area (Å²) in [5.74, 6) is 0. The van der Waals surface area contributed by atoms with Crippen molar-refractivity contribution >= 4 is 17.1 Å². The maximum absolute atomic E-state index is 2.44. The number of anilines is 3. The molecule has 242 valence electrons. The third kappa shape index (κ3) is 5.26. The lowest BCUT2D eigenvalue weighted by atomic mass is 9.67. The highest BCUT2D eigenvalue weighted by molar-refractivity contribution is 5.90. The van der Waals surface area contributed by atoms with E-state index in [0.717, 1.165) is 17.1 Å². The summed E-state index contributed by atoms with van der Waals surface area (Å²) < 4.78 is 0. The van der Waals surface area contributed by atoms with Gasteiger partial charge in [-0.2, -0.15) is 0 Å². The molecule has 0 aliphatic heterocycles. The first-order valence-corrected chi connectivity index (χ1v) is 17.7. The lowest BCUT2D eigenvalue weighted by Gasteiger charge is -2.35. The molecule has 8 aromatic carbocycles. The van der Waals surface area contributed by atoms with Crippen molar-refractivity contribution in [3.8, 4) is 33.4 Å². The topological polar surface area (TPSA) is 3.24 Å². The molecular formula is C50H37N. The molecule has 51 heavy (non-hydrogen) atoms. The number of benzene rings is 8. The lowest BCUT2D eigenvalue weighted by molar-refractivity contribution is 0.768. The molecule has 1 aliphatic carbocycles. The van der Waals surface area contributed by atoms with Gasteiger partial charge in [-0.15, -0.1) is 0 Å². The van der Waals surface area contributed by atoms with Crippen molar-refractivity contribution in [1.82, 2.24) is 0 Å². The molecule has 0 unspecified atom stereocenters. The summed E-state index contributed by atoms with van der Waals surface area (Å²) in [5, 5.41) is 0. The van der Waals surface area contributed by atoms with Gasteiger partial charge in [0.1, 0.15) is 0 Å². The summed E-state index contributed by atoms with van der Waals surface area (Å²) in [6.07, 6.45) is 0. The zero-order valence-electron chi connectivity index (χ0n) is 28.6. The molecule has 0 atom stereocenters. The van der Waals surface area contributed by atoms with Crippen LogP contribution in [0.25, 0.3) is 33.4 Å². The van der Waals surface area contributed by atoms with E-state index < -0.39 is 5.41 Å². The Balaban J connectivity index is 1.25. The van der Waals surface area contributed by atoms with E-state index in [1.54, 1.807) is 0 Å². The van der Waals surface area contributed by atoms with Gasteiger partial charge in [-0.25, -0.2) is 0 Å². The van der Waals surface area contributed by atoms with Crippen LogP contribution in [0.2, 0.25) is 0 Å². The van der Waals surface area contributed by atoms with Gasteiger partial charge in [0.05, 0.1) is 5.41 Å². The molecule has 0 saturated heterocycles. The Kier molecular flexibility index (Phi) is 7.67. The molecule has 0 amide bonds. The SMILES string of the molecule is Cc1ccc(-c2ccc(N(c3ccc(-c4ccccc4)cc3)c3ccc4c(c3)C(c3ccccc3)(c3ccccc3)c3ccccc3-4)cc2)cc1. The van der Waals surface area contributed by atoms with Crippen LogP contribution in [0.1, 0.15) is 27.8 Å². The molecule has 1 nitrogen and oxygen atoms in total. The van der Waals surface area contributed by atoms with Crippen LogP contribution in [0, 0.1) is 6.92 Å². The standard InChI is InChI=1S/C50H37N/c1-36-21-23-38(24-22-36)40-27-31-44(32-28-40)51(43-29-25-39(26-30-43)37-13-5-2-6-14-37)45-33-34-47-46-19-11-12-20-48(46)50(49(47)35-45,41-15-7-3-8-16-41)42-17-9-4-10-18-42/h2-35H,1H3. The van der Waals surface area contributed by atoms with E-state index in [1.807, 2.05) is 0 Å². The fourth-order valence-corrected chi connectivity index (χ4v) is 8.00. The monoisotopic (exact) mass is 651 g/mol. The minimum atomic E-state index is -0.470. The lowest BCUT2D eigenvalue weighted by Crippen LogP contribution is -2.28. The summed E-state index contributed by atoms with van der Waals surface area (Å²) in [4.78, 5) is 2.40. The van der Waals surface area contributed by atoms with Gasteiger partial charge < -0.3 is 4.90 Å². The predicted octanol–water partition coefficient (Wildman–Crippen LogP) is 13.2. The third-order valence-electron chi connectivity index (χ3n) is 10.4. The number of hydrogen-bond donors (Lipinski definition) is 0. The predicted molar refractivity (Wildman–Crippen MR) is 214 cm³/mol. The van der Waals surface area contributed by atoms with E-state index in [1.165, 1.54) is 61.2 Å². The van der Waals surface area contributed by atoms with E-state index in [9.17, 15) is 0 Å². The van der Waals surface area contributed by atoms with E-state index in [0.29, 0.717) is 0 Å². The van der Waals surface area contributed by atoms with Gasteiger partial charge in [-0.05, 0) is 99.0 Å². The highest BCUT2D eigenvalue weighted by atomic mass is 15.1. The van der Waals surface area contributed by atoms with Crippen LogP contribution < -0.4 is 4.90 Å². The minimum absolute atomic E-state index is 0.470. The van der Waals surface area contributed by atoms with Crippen LogP contribution >= 0.6 is 0 Å². The maximum Gasteiger partial charge on any atom is 0.0714 e. The molecule has 0 radical (unpaired) electrons. The number of rotatable bonds is 7. The van der Waals surface area contributed by atoms with E-state index in [-0.39, 0.29) is 0 Å². The van der Waals surface area contributed by atoms with Crippen LogP contribution in [0.4, 0.5) is 17.1 Å². The number of fused-ring (bicyclic) bond motifs is 3. The fraction of sp³-hybridized carbons (Fsp3) is 0.0400. The second-order valence-corrected chi connectivity index (χ2v) is 13.4.